The third kappa shape index (κ3) is 6.62. The fraction of sp³-hybridized carbons (Fsp3) is 1.00. The normalized spacial score (nSPS) is 10.9. The number of rotatable bonds is 7. The van der Waals surface area contributed by atoms with Crippen molar-refractivity contribution in [1.82, 2.24) is 4.90 Å². The van der Waals surface area contributed by atoms with E-state index in [9.17, 15) is 0 Å². The third-order valence-corrected chi connectivity index (χ3v) is 1.69. The molecule has 0 saturated carbocycles. The molecule has 0 aromatic heterocycles. The molecular formula is C7H18N2OS. The first-order chi connectivity index (χ1) is 5.35. The molecule has 0 rings (SSSR count). The molecule has 0 fully saturated rings. The quantitative estimate of drug-likeness (QED) is 0.463. The van der Waals surface area contributed by atoms with Crippen LogP contribution in [0.15, 0.2) is 0 Å². The van der Waals surface area contributed by atoms with Crippen LogP contribution in [-0.2, 0) is 0 Å². The summed E-state index contributed by atoms with van der Waals surface area (Å²) in [6, 6.07) is 0. The van der Waals surface area contributed by atoms with E-state index in [-0.39, 0.29) is 6.61 Å². The first kappa shape index (κ1) is 11.2. The van der Waals surface area contributed by atoms with Gasteiger partial charge in [0.15, 0.2) is 0 Å². The maximum Gasteiger partial charge on any atom is 0.0443 e. The van der Waals surface area contributed by atoms with E-state index in [1.54, 1.807) is 0 Å². The van der Waals surface area contributed by atoms with Gasteiger partial charge in [0.05, 0.1) is 0 Å². The topological polar surface area (TPSA) is 49.5 Å². The molecule has 0 spiro atoms. The van der Waals surface area contributed by atoms with Crippen molar-refractivity contribution in [3.8, 4) is 0 Å². The van der Waals surface area contributed by atoms with Crippen LogP contribution >= 0.6 is 12.6 Å². The molecule has 68 valence electrons. The fourth-order valence-electron chi connectivity index (χ4n) is 0.954. The van der Waals surface area contributed by atoms with Crippen molar-refractivity contribution in [3.05, 3.63) is 0 Å². The average Bonchev–Trinajstić information content (AvgIpc) is 2.01. The summed E-state index contributed by atoms with van der Waals surface area (Å²) < 4.78 is 0. The van der Waals surface area contributed by atoms with E-state index >= 15 is 0 Å². The monoisotopic (exact) mass is 178 g/mol. The molecule has 0 atom stereocenters. The number of nitrogens with two attached hydrogens (primary N) is 1. The Balaban J connectivity index is 3.34. The molecule has 0 aliphatic carbocycles. The van der Waals surface area contributed by atoms with Gasteiger partial charge in [0.2, 0.25) is 0 Å². The first-order valence-electron chi connectivity index (χ1n) is 3.99. The summed E-state index contributed by atoms with van der Waals surface area (Å²) in [6.07, 6.45) is 0.827. The van der Waals surface area contributed by atoms with Gasteiger partial charge in [-0.3, -0.25) is 0 Å². The number of aliphatic hydroxyl groups excluding tert-OH is 1. The SMILES string of the molecule is NCCN(CCS)CCCO. The lowest BCUT2D eigenvalue weighted by molar-refractivity contribution is 0.234. The minimum atomic E-state index is 0.258. The molecule has 3 N–H and O–H groups in total. The van der Waals surface area contributed by atoms with Crippen molar-refractivity contribution in [2.45, 2.75) is 6.42 Å². The Hall–Kier alpha value is 0.230. The van der Waals surface area contributed by atoms with Gasteiger partial charge in [-0.25, -0.2) is 0 Å². The van der Waals surface area contributed by atoms with Gasteiger partial charge >= 0.3 is 0 Å². The van der Waals surface area contributed by atoms with E-state index in [0.29, 0.717) is 6.54 Å². The van der Waals surface area contributed by atoms with Gasteiger partial charge in [-0.15, -0.1) is 0 Å². The Labute approximate surface area is 74.0 Å². The van der Waals surface area contributed by atoms with Crippen LogP contribution < -0.4 is 5.73 Å². The van der Waals surface area contributed by atoms with E-state index in [4.69, 9.17) is 10.8 Å². The van der Waals surface area contributed by atoms with E-state index in [0.717, 1.165) is 31.8 Å². The summed E-state index contributed by atoms with van der Waals surface area (Å²) in [6.45, 7) is 3.72. The molecule has 0 heterocycles. The van der Waals surface area contributed by atoms with Crippen LogP contribution in [0.1, 0.15) is 6.42 Å². The van der Waals surface area contributed by atoms with Gasteiger partial charge in [0.1, 0.15) is 0 Å². The molecule has 0 unspecified atom stereocenters. The summed E-state index contributed by atoms with van der Waals surface area (Å²) in [4.78, 5) is 2.21. The lowest BCUT2D eigenvalue weighted by Crippen LogP contribution is -2.32. The highest BCUT2D eigenvalue weighted by Crippen LogP contribution is 1.90. The minimum Gasteiger partial charge on any atom is -0.396 e. The molecule has 0 aliphatic rings. The van der Waals surface area contributed by atoms with Crippen LogP contribution in [0.4, 0.5) is 0 Å². The Morgan fingerprint density at radius 2 is 2.00 bits per heavy atom. The molecule has 0 aromatic rings. The van der Waals surface area contributed by atoms with Crippen molar-refractivity contribution in [2.24, 2.45) is 5.73 Å². The summed E-state index contributed by atoms with van der Waals surface area (Å²) in [5.41, 5.74) is 5.40. The average molecular weight is 178 g/mol. The maximum atomic E-state index is 8.57. The van der Waals surface area contributed by atoms with Gasteiger partial charge in [-0.1, -0.05) is 0 Å². The molecule has 0 aromatic carbocycles. The van der Waals surface area contributed by atoms with Gasteiger partial charge in [0.25, 0.3) is 0 Å². The highest BCUT2D eigenvalue weighted by molar-refractivity contribution is 7.80. The number of thiol groups is 1. The van der Waals surface area contributed by atoms with Gasteiger partial charge < -0.3 is 15.7 Å². The Bertz CT molecular complexity index is 76.8. The molecule has 0 aliphatic heterocycles. The summed E-state index contributed by atoms with van der Waals surface area (Å²) in [7, 11) is 0. The van der Waals surface area contributed by atoms with E-state index in [2.05, 4.69) is 17.5 Å². The molecule has 3 nitrogen and oxygen atoms in total. The lowest BCUT2D eigenvalue weighted by Gasteiger charge is -2.19. The van der Waals surface area contributed by atoms with Crippen LogP contribution in [0.2, 0.25) is 0 Å². The number of nitrogens with zero attached hydrogens (tertiary/aromatic N) is 1. The molecule has 0 bridgehead atoms. The molecule has 0 radical (unpaired) electrons. The van der Waals surface area contributed by atoms with E-state index in [1.165, 1.54) is 0 Å². The summed E-state index contributed by atoms with van der Waals surface area (Å²) in [5.74, 6) is 0.853. The standard InChI is InChI=1S/C7H18N2OS/c8-2-4-9(5-7-11)3-1-6-10/h10-11H,1-8H2. The van der Waals surface area contributed by atoms with Crippen LogP contribution in [-0.4, -0.2) is 48.5 Å². The largest absolute Gasteiger partial charge is 0.396 e. The molecule has 0 amide bonds. The van der Waals surface area contributed by atoms with Crippen LogP contribution in [0.25, 0.3) is 0 Å². The molecular weight excluding hydrogens is 160 g/mol. The van der Waals surface area contributed by atoms with Crippen molar-refractivity contribution in [2.75, 3.05) is 38.5 Å². The second-order valence-electron chi connectivity index (χ2n) is 2.43. The number of hydrogen-bond donors (Lipinski definition) is 3. The van der Waals surface area contributed by atoms with E-state index < -0.39 is 0 Å². The van der Waals surface area contributed by atoms with Crippen molar-refractivity contribution < 1.29 is 5.11 Å². The predicted octanol–water partition coefficient (Wildman–Crippen LogP) is -0.441. The first-order valence-corrected chi connectivity index (χ1v) is 4.62. The molecule has 0 saturated heterocycles. The zero-order chi connectivity index (χ0) is 8.53. The van der Waals surface area contributed by atoms with Gasteiger partial charge in [-0.2, -0.15) is 12.6 Å². The third-order valence-electron chi connectivity index (χ3n) is 1.49. The zero-order valence-corrected chi connectivity index (χ0v) is 7.76. The van der Waals surface area contributed by atoms with Crippen LogP contribution in [0.5, 0.6) is 0 Å². The van der Waals surface area contributed by atoms with Crippen LogP contribution in [0, 0.1) is 0 Å². The Morgan fingerprint density at radius 1 is 1.27 bits per heavy atom. The molecule has 4 heteroatoms. The highest BCUT2D eigenvalue weighted by Gasteiger charge is 2.00. The lowest BCUT2D eigenvalue weighted by atomic mass is 10.4. The van der Waals surface area contributed by atoms with Crippen LogP contribution in [0.3, 0.4) is 0 Å². The second-order valence-corrected chi connectivity index (χ2v) is 2.88. The highest BCUT2D eigenvalue weighted by atomic mass is 32.1. The maximum absolute atomic E-state index is 8.57. The fourth-order valence-corrected chi connectivity index (χ4v) is 1.24. The summed E-state index contributed by atoms with van der Waals surface area (Å²) >= 11 is 4.13. The Morgan fingerprint density at radius 3 is 2.45 bits per heavy atom. The minimum absolute atomic E-state index is 0.258. The Kier molecular flexibility index (Phi) is 8.50. The smallest absolute Gasteiger partial charge is 0.0443 e. The van der Waals surface area contributed by atoms with E-state index in [1.807, 2.05) is 0 Å². The van der Waals surface area contributed by atoms with Crippen molar-refractivity contribution >= 4 is 12.6 Å². The number of hydrogen-bond acceptors (Lipinski definition) is 4. The van der Waals surface area contributed by atoms with Crippen molar-refractivity contribution in [3.63, 3.8) is 0 Å². The number of aliphatic hydroxyl groups is 1. The second kappa shape index (κ2) is 8.33. The van der Waals surface area contributed by atoms with Crippen molar-refractivity contribution in [1.29, 1.82) is 0 Å². The predicted molar refractivity (Wildman–Crippen MR) is 51.1 cm³/mol. The van der Waals surface area contributed by atoms with Gasteiger partial charge in [-0.05, 0) is 6.42 Å². The summed E-state index contributed by atoms with van der Waals surface area (Å²) in [5, 5.41) is 8.57. The zero-order valence-electron chi connectivity index (χ0n) is 6.87. The van der Waals surface area contributed by atoms with Gasteiger partial charge in [0, 0.05) is 38.5 Å². The molecule has 11 heavy (non-hydrogen) atoms.